The van der Waals surface area contributed by atoms with E-state index in [9.17, 15) is 4.79 Å². The van der Waals surface area contributed by atoms with Gasteiger partial charge >= 0.3 is 0 Å². The van der Waals surface area contributed by atoms with Crippen molar-refractivity contribution in [3.8, 4) is 11.4 Å². The minimum atomic E-state index is -0.124. The predicted octanol–water partition coefficient (Wildman–Crippen LogP) is 4.12. The maximum atomic E-state index is 13.6. The zero-order valence-electron chi connectivity index (χ0n) is 15.8. The lowest BCUT2D eigenvalue weighted by Gasteiger charge is -2.14. The van der Waals surface area contributed by atoms with Crippen LogP contribution in [-0.2, 0) is 0 Å². The van der Waals surface area contributed by atoms with E-state index in [1.165, 1.54) is 11.8 Å². The standard InChI is InChI=1S/C21H21N5OS/c1-3-14-22-21-23-18-17(20(27)25(21)15-10-6-4-7-11-15)19(28-2)24-26(18)16-12-8-5-9-13-16/h4-13H,3,14H2,1-2H3,(H,22,23). The molecule has 4 aromatic rings. The van der Waals surface area contributed by atoms with E-state index in [0.717, 1.165) is 24.3 Å². The predicted molar refractivity (Wildman–Crippen MR) is 115 cm³/mol. The topological polar surface area (TPSA) is 64.7 Å². The molecular formula is C21H21N5OS. The molecule has 7 heteroatoms. The van der Waals surface area contributed by atoms with Crippen LogP contribution in [0.4, 0.5) is 5.95 Å². The lowest BCUT2D eigenvalue weighted by atomic mass is 10.3. The summed E-state index contributed by atoms with van der Waals surface area (Å²) in [5.74, 6) is 0.523. The van der Waals surface area contributed by atoms with Crippen LogP contribution in [0.15, 0.2) is 70.5 Å². The molecule has 0 radical (unpaired) electrons. The Morgan fingerprint density at radius 1 is 1.00 bits per heavy atom. The number of thioether (sulfide) groups is 1. The van der Waals surface area contributed by atoms with Crippen LogP contribution >= 0.6 is 11.8 Å². The van der Waals surface area contributed by atoms with E-state index in [4.69, 9.17) is 4.98 Å². The van der Waals surface area contributed by atoms with Crippen LogP contribution in [0.1, 0.15) is 13.3 Å². The molecule has 142 valence electrons. The summed E-state index contributed by atoms with van der Waals surface area (Å²) in [5, 5.41) is 9.17. The van der Waals surface area contributed by atoms with Crippen LogP contribution in [0, 0.1) is 0 Å². The highest BCUT2D eigenvalue weighted by atomic mass is 32.2. The molecule has 2 heterocycles. The summed E-state index contributed by atoms with van der Waals surface area (Å²) in [6, 6.07) is 19.3. The SMILES string of the molecule is CCCNc1nc2c(c(SC)nn2-c2ccccc2)c(=O)n1-c1ccccc1. The quantitative estimate of drug-likeness (QED) is 0.501. The third-order valence-electron chi connectivity index (χ3n) is 4.41. The minimum absolute atomic E-state index is 0.124. The van der Waals surface area contributed by atoms with Gasteiger partial charge in [0.25, 0.3) is 5.56 Å². The second-order valence-corrected chi connectivity index (χ2v) is 7.09. The van der Waals surface area contributed by atoms with Gasteiger partial charge in [-0.15, -0.1) is 11.8 Å². The molecule has 0 spiro atoms. The Hall–Kier alpha value is -3.06. The van der Waals surface area contributed by atoms with E-state index < -0.39 is 0 Å². The van der Waals surface area contributed by atoms with Crippen molar-refractivity contribution in [2.75, 3.05) is 18.1 Å². The Kier molecular flexibility index (Phi) is 5.16. The average Bonchev–Trinajstić information content (AvgIpc) is 3.12. The molecule has 0 aliphatic carbocycles. The van der Waals surface area contributed by atoms with Gasteiger partial charge in [-0.3, -0.25) is 4.79 Å². The average molecular weight is 392 g/mol. The molecule has 1 N–H and O–H groups in total. The summed E-state index contributed by atoms with van der Waals surface area (Å²) in [6.45, 7) is 2.80. The lowest BCUT2D eigenvalue weighted by molar-refractivity contribution is 0.848. The van der Waals surface area contributed by atoms with Gasteiger partial charge in [-0.2, -0.15) is 10.1 Å². The first-order chi connectivity index (χ1) is 13.7. The van der Waals surface area contributed by atoms with Crippen molar-refractivity contribution < 1.29 is 0 Å². The molecule has 4 rings (SSSR count). The Labute approximate surface area is 167 Å². The number of hydrogen-bond donors (Lipinski definition) is 1. The fourth-order valence-electron chi connectivity index (χ4n) is 3.10. The highest BCUT2D eigenvalue weighted by Gasteiger charge is 2.21. The summed E-state index contributed by atoms with van der Waals surface area (Å²) in [7, 11) is 0. The molecule has 2 aromatic heterocycles. The van der Waals surface area contributed by atoms with Gasteiger partial charge in [0, 0.05) is 6.54 Å². The van der Waals surface area contributed by atoms with Gasteiger partial charge in [-0.05, 0) is 36.9 Å². The van der Waals surface area contributed by atoms with Gasteiger partial charge < -0.3 is 5.32 Å². The third kappa shape index (κ3) is 3.18. The van der Waals surface area contributed by atoms with Crippen LogP contribution in [-0.4, -0.2) is 32.1 Å². The fraction of sp³-hybridized carbons (Fsp3) is 0.190. The number of nitrogens with one attached hydrogen (secondary N) is 1. The van der Waals surface area contributed by atoms with E-state index in [0.29, 0.717) is 22.0 Å². The first-order valence-electron chi connectivity index (χ1n) is 9.19. The van der Waals surface area contributed by atoms with Crippen LogP contribution in [0.3, 0.4) is 0 Å². The first kappa shape index (κ1) is 18.3. The van der Waals surface area contributed by atoms with E-state index in [-0.39, 0.29) is 5.56 Å². The summed E-state index contributed by atoms with van der Waals surface area (Å²) >= 11 is 1.45. The van der Waals surface area contributed by atoms with Gasteiger partial charge in [0.2, 0.25) is 5.95 Å². The number of fused-ring (bicyclic) bond motifs is 1. The van der Waals surface area contributed by atoms with Crippen LogP contribution < -0.4 is 10.9 Å². The van der Waals surface area contributed by atoms with Gasteiger partial charge in [-0.25, -0.2) is 9.25 Å². The molecule has 0 aliphatic rings. The second kappa shape index (κ2) is 7.90. The molecule has 0 saturated heterocycles. The van der Waals surface area contributed by atoms with E-state index >= 15 is 0 Å². The Morgan fingerprint density at radius 3 is 2.25 bits per heavy atom. The fourth-order valence-corrected chi connectivity index (χ4v) is 3.65. The summed E-state index contributed by atoms with van der Waals surface area (Å²) in [6.07, 6.45) is 2.85. The highest BCUT2D eigenvalue weighted by molar-refractivity contribution is 7.98. The zero-order valence-corrected chi connectivity index (χ0v) is 16.6. The molecular weight excluding hydrogens is 370 g/mol. The molecule has 0 bridgehead atoms. The van der Waals surface area contributed by atoms with Crippen molar-refractivity contribution in [1.82, 2.24) is 19.3 Å². The Morgan fingerprint density at radius 2 is 1.64 bits per heavy atom. The largest absolute Gasteiger partial charge is 0.355 e. The van der Waals surface area contributed by atoms with Gasteiger partial charge in [0.1, 0.15) is 10.4 Å². The van der Waals surface area contributed by atoms with Gasteiger partial charge in [0.15, 0.2) is 5.65 Å². The minimum Gasteiger partial charge on any atom is -0.355 e. The number of aromatic nitrogens is 4. The van der Waals surface area contributed by atoms with Crippen LogP contribution in [0.2, 0.25) is 0 Å². The van der Waals surface area contributed by atoms with E-state index in [1.54, 1.807) is 9.25 Å². The number of rotatable bonds is 6. The number of anilines is 1. The van der Waals surface area contributed by atoms with E-state index in [1.807, 2.05) is 66.9 Å². The molecule has 0 fully saturated rings. The van der Waals surface area contributed by atoms with Crippen LogP contribution in [0.5, 0.6) is 0 Å². The summed E-state index contributed by atoms with van der Waals surface area (Å²) in [5.41, 5.74) is 2.09. The normalized spacial score (nSPS) is 11.1. The van der Waals surface area contributed by atoms with Crippen LogP contribution in [0.25, 0.3) is 22.4 Å². The van der Waals surface area contributed by atoms with Crippen molar-refractivity contribution >= 4 is 28.7 Å². The summed E-state index contributed by atoms with van der Waals surface area (Å²) in [4.78, 5) is 18.4. The smallest absolute Gasteiger partial charge is 0.271 e. The second-order valence-electron chi connectivity index (χ2n) is 6.29. The Bertz CT molecular complexity index is 1150. The molecule has 0 saturated carbocycles. The first-order valence-corrected chi connectivity index (χ1v) is 10.4. The Balaban J connectivity index is 2.05. The molecule has 28 heavy (non-hydrogen) atoms. The van der Waals surface area contributed by atoms with Gasteiger partial charge in [0.05, 0.1) is 11.4 Å². The zero-order chi connectivity index (χ0) is 19.5. The molecule has 0 amide bonds. The van der Waals surface area contributed by atoms with Crippen molar-refractivity contribution in [3.05, 3.63) is 71.0 Å². The molecule has 0 atom stereocenters. The van der Waals surface area contributed by atoms with Crippen molar-refractivity contribution in [1.29, 1.82) is 0 Å². The summed E-state index contributed by atoms with van der Waals surface area (Å²) < 4.78 is 3.38. The van der Waals surface area contributed by atoms with Crippen molar-refractivity contribution in [3.63, 3.8) is 0 Å². The van der Waals surface area contributed by atoms with Crippen molar-refractivity contribution in [2.45, 2.75) is 18.4 Å². The maximum Gasteiger partial charge on any atom is 0.271 e. The lowest BCUT2D eigenvalue weighted by Crippen LogP contribution is -2.24. The number of para-hydroxylation sites is 2. The molecule has 0 unspecified atom stereocenters. The maximum absolute atomic E-state index is 13.6. The van der Waals surface area contributed by atoms with Crippen molar-refractivity contribution in [2.24, 2.45) is 0 Å². The van der Waals surface area contributed by atoms with Gasteiger partial charge in [-0.1, -0.05) is 43.3 Å². The molecule has 2 aromatic carbocycles. The molecule has 0 aliphatic heterocycles. The molecule has 6 nitrogen and oxygen atoms in total. The number of benzene rings is 2. The monoisotopic (exact) mass is 391 g/mol. The number of hydrogen-bond acceptors (Lipinski definition) is 5. The number of nitrogens with zero attached hydrogens (tertiary/aromatic N) is 4. The van der Waals surface area contributed by atoms with E-state index in [2.05, 4.69) is 17.3 Å². The third-order valence-corrected chi connectivity index (χ3v) is 5.08. The highest BCUT2D eigenvalue weighted by Crippen LogP contribution is 2.26.